The van der Waals surface area contributed by atoms with E-state index >= 15 is 0 Å². The summed E-state index contributed by atoms with van der Waals surface area (Å²) >= 11 is 0. The van der Waals surface area contributed by atoms with Crippen molar-refractivity contribution in [2.75, 3.05) is 0 Å². The van der Waals surface area contributed by atoms with Crippen molar-refractivity contribution in [3.05, 3.63) is 432 Å². The molecule has 0 amide bonds. The van der Waals surface area contributed by atoms with E-state index in [1.807, 2.05) is 0 Å². The SMILES string of the molecule is CC1(C)c2ccc(-c3c4ccccc4c(-c4ccc(-c5ccc6c(c5)-c5ccccc5C6c5ccccc5)cc4)c4ccccc34)cc2-c2c1ccc1ccccc21.CC1(C)c2ccc(-c3c4ccccc4c(-c4ccc(C5c6ccccc6-c6ccccc65)cc4)c4ccccc34)cc2-c2ccc3ccccc3c21. The minimum atomic E-state index is -0.0765. The van der Waals surface area contributed by atoms with E-state index in [-0.39, 0.29) is 22.7 Å². The number of hydrogen-bond donors (Lipinski definition) is 0. The zero-order valence-corrected chi connectivity index (χ0v) is 62.0. The van der Waals surface area contributed by atoms with Crippen LogP contribution in [0.25, 0.3) is 165 Å². The van der Waals surface area contributed by atoms with Crippen molar-refractivity contribution < 1.29 is 0 Å². The molecule has 0 bridgehead atoms. The lowest BCUT2D eigenvalue weighted by atomic mass is 9.80. The molecule has 0 spiro atoms. The highest BCUT2D eigenvalue weighted by atomic mass is 14.4. The van der Waals surface area contributed by atoms with Gasteiger partial charge in [-0.2, -0.15) is 0 Å². The Morgan fingerprint density at radius 3 is 1.04 bits per heavy atom. The number of benzene rings is 19. The minimum Gasteiger partial charge on any atom is -0.0622 e. The Morgan fingerprint density at radius 1 is 0.182 bits per heavy atom. The molecule has 4 aliphatic rings. The molecular formula is C110H76. The second-order valence-corrected chi connectivity index (χ2v) is 31.9. The van der Waals surface area contributed by atoms with Gasteiger partial charge in [-0.1, -0.05) is 386 Å². The van der Waals surface area contributed by atoms with Gasteiger partial charge >= 0.3 is 0 Å². The summed E-state index contributed by atoms with van der Waals surface area (Å²) in [5.41, 5.74) is 37.3. The van der Waals surface area contributed by atoms with Gasteiger partial charge in [0, 0.05) is 22.7 Å². The fraction of sp³-hybridized carbons (Fsp3) is 0.0727. The van der Waals surface area contributed by atoms with Gasteiger partial charge in [-0.15, -0.1) is 0 Å². The Labute approximate surface area is 642 Å². The van der Waals surface area contributed by atoms with E-state index in [0.717, 1.165) is 0 Å². The fourth-order valence-electron chi connectivity index (χ4n) is 20.5. The Balaban J connectivity index is 0.000000136. The zero-order chi connectivity index (χ0) is 73.1. The first kappa shape index (κ1) is 64.0. The maximum atomic E-state index is 2.48. The van der Waals surface area contributed by atoms with E-state index in [2.05, 4.69) is 404 Å². The topological polar surface area (TPSA) is 0 Å². The summed E-state index contributed by atoms with van der Waals surface area (Å²) in [7, 11) is 0. The summed E-state index contributed by atoms with van der Waals surface area (Å²) < 4.78 is 0. The predicted molar refractivity (Wildman–Crippen MR) is 466 cm³/mol. The van der Waals surface area contributed by atoms with Crippen molar-refractivity contribution >= 4 is 64.6 Å². The third-order valence-corrected chi connectivity index (χ3v) is 25.5. The van der Waals surface area contributed by atoms with Gasteiger partial charge < -0.3 is 0 Å². The van der Waals surface area contributed by atoms with E-state index in [1.54, 1.807) is 0 Å². The maximum Gasteiger partial charge on any atom is 0.0352 e. The van der Waals surface area contributed by atoms with Gasteiger partial charge in [0.2, 0.25) is 0 Å². The quantitative estimate of drug-likeness (QED) is 0.140. The summed E-state index contributed by atoms with van der Waals surface area (Å²) in [6.07, 6.45) is 0. The molecule has 1 unspecified atom stereocenters. The second-order valence-electron chi connectivity index (χ2n) is 31.9. The van der Waals surface area contributed by atoms with Crippen LogP contribution in [-0.4, -0.2) is 0 Å². The van der Waals surface area contributed by atoms with Gasteiger partial charge in [-0.3, -0.25) is 0 Å². The van der Waals surface area contributed by atoms with Gasteiger partial charge in [0.15, 0.2) is 0 Å². The number of fused-ring (bicyclic) bond motifs is 20. The van der Waals surface area contributed by atoms with Crippen molar-refractivity contribution in [2.24, 2.45) is 0 Å². The molecule has 19 aromatic carbocycles. The first-order valence-corrected chi connectivity index (χ1v) is 39.0. The summed E-state index contributed by atoms with van der Waals surface area (Å²) in [5.74, 6) is 0.498. The highest BCUT2D eigenvalue weighted by Gasteiger charge is 2.40. The van der Waals surface area contributed by atoms with Crippen molar-refractivity contribution in [1.82, 2.24) is 0 Å². The molecule has 0 saturated carbocycles. The first-order chi connectivity index (χ1) is 54.1. The number of hydrogen-bond acceptors (Lipinski definition) is 0. The molecule has 0 saturated heterocycles. The largest absolute Gasteiger partial charge is 0.0622 e. The van der Waals surface area contributed by atoms with Crippen LogP contribution in [0, 0.1) is 0 Å². The van der Waals surface area contributed by atoms with Crippen LogP contribution in [0.4, 0.5) is 0 Å². The van der Waals surface area contributed by atoms with Gasteiger partial charge in [-0.05, 0) is 239 Å². The molecule has 4 aliphatic carbocycles. The Bertz CT molecular complexity index is 6900. The van der Waals surface area contributed by atoms with E-state index < -0.39 is 0 Å². The van der Waals surface area contributed by atoms with E-state index in [0.29, 0.717) is 0 Å². The van der Waals surface area contributed by atoms with E-state index in [9.17, 15) is 0 Å². The maximum absolute atomic E-state index is 2.48. The second kappa shape index (κ2) is 24.6. The fourth-order valence-corrected chi connectivity index (χ4v) is 20.5. The third-order valence-electron chi connectivity index (χ3n) is 25.5. The molecule has 0 N–H and O–H groups in total. The molecule has 23 rings (SSSR count). The third kappa shape index (κ3) is 9.58. The molecule has 0 aliphatic heterocycles. The lowest BCUT2D eigenvalue weighted by Crippen LogP contribution is -2.15. The Hall–Kier alpha value is -13.3. The molecule has 19 aromatic rings. The van der Waals surface area contributed by atoms with Crippen molar-refractivity contribution in [3.8, 4) is 100 Å². The van der Waals surface area contributed by atoms with E-state index in [1.165, 1.54) is 220 Å². The van der Waals surface area contributed by atoms with Crippen molar-refractivity contribution in [1.29, 1.82) is 0 Å². The molecule has 0 fully saturated rings. The summed E-state index contributed by atoms with van der Waals surface area (Å²) in [6.45, 7) is 9.53. The molecule has 110 heavy (non-hydrogen) atoms. The molecule has 0 aromatic heterocycles. The average molecular weight is 1400 g/mol. The highest BCUT2D eigenvalue weighted by molar-refractivity contribution is 6.23. The first-order valence-electron chi connectivity index (χ1n) is 39.0. The van der Waals surface area contributed by atoms with Crippen LogP contribution in [-0.2, 0) is 10.8 Å². The lowest BCUT2D eigenvalue weighted by Gasteiger charge is -2.23. The molecule has 0 heteroatoms. The molecule has 0 nitrogen and oxygen atoms in total. The van der Waals surface area contributed by atoms with Crippen LogP contribution in [0.1, 0.15) is 95.2 Å². The van der Waals surface area contributed by atoms with E-state index in [4.69, 9.17) is 0 Å². The zero-order valence-electron chi connectivity index (χ0n) is 62.0. The lowest BCUT2D eigenvalue weighted by molar-refractivity contribution is 0.661. The van der Waals surface area contributed by atoms with Gasteiger partial charge in [0.25, 0.3) is 0 Å². The monoisotopic (exact) mass is 1400 g/mol. The number of rotatable bonds is 7. The van der Waals surface area contributed by atoms with Crippen LogP contribution >= 0.6 is 0 Å². The molecule has 1 atom stereocenters. The van der Waals surface area contributed by atoms with Crippen LogP contribution in [0.15, 0.2) is 376 Å². The van der Waals surface area contributed by atoms with Crippen LogP contribution in [0.2, 0.25) is 0 Å². The highest BCUT2D eigenvalue weighted by Crippen LogP contribution is 2.57. The van der Waals surface area contributed by atoms with Crippen LogP contribution in [0.5, 0.6) is 0 Å². The Morgan fingerprint density at radius 2 is 0.518 bits per heavy atom. The van der Waals surface area contributed by atoms with Crippen molar-refractivity contribution in [2.45, 2.75) is 50.4 Å². The Kier molecular flexibility index (Phi) is 14.3. The summed E-state index contributed by atoms with van der Waals surface area (Å²) in [5, 5.41) is 15.5. The molecular weight excluding hydrogens is 1320 g/mol. The van der Waals surface area contributed by atoms with Gasteiger partial charge in [0.1, 0.15) is 0 Å². The standard InChI is InChI=1S/C58H40.C52H36/c1-58(2)52-32-30-41(35-51(52)57-42-17-7-6-14-37(42)29-33-53(57)58)56-47-22-12-10-20-45(47)55(46-21-11-13-23-48(46)56)39-26-24-36(25-27-39)40-28-31-49-50(34-40)43-18-8-9-19-44(43)54(49)38-15-4-3-5-16-38;1-52(2)47-30-28-35(31-46(47)45-29-27-32-13-3-4-14-36(32)51(45)52)50-43-21-11-9-19-41(43)49(42-20-10-12-22-44(42)50)34-25-23-33(24-26-34)48-39-17-7-5-15-37(39)38-16-6-8-18-40(38)48/h3-35,54H,1-2H3;3-31,48H,1-2H3. The normalized spacial score (nSPS) is 14.4. The van der Waals surface area contributed by atoms with Gasteiger partial charge in [0.05, 0.1) is 0 Å². The van der Waals surface area contributed by atoms with Crippen LogP contribution in [0.3, 0.4) is 0 Å². The van der Waals surface area contributed by atoms with Gasteiger partial charge in [-0.25, -0.2) is 0 Å². The summed E-state index contributed by atoms with van der Waals surface area (Å²) in [6, 6.07) is 141. The van der Waals surface area contributed by atoms with Crippen molar-refractivity contribution in [3.63, 3.8) is 0 Å². The van der Waals surface area contributed by atoms with Crippen LogP contribution < -0.4 is 0 Å². The predicted octanol–water partition coefficient (Wildman–Crippen LogP) is 29.6. The average Bonchev–Trinajstić information content (AvgIpc) is 1.17. The molecule has 0 heterocycles. The summed E-state index contributed by atoms with van der Waals surface area (Å²) in [4.78, 5) is 0. The molecule has 0 radical (unpaired) electrons. The minimum absolute atomic E-state index is 0.0672. The smallest absolute Gasteiger partial charge is 0.0352 e. The molecule has 516 valence electrons.